The fourth-order valence-electron chi connectivity index (χ4n) is 1.37. The first-order valence-corrected chi connectivity index (χ1v) is 5.14. The van der Waals surface area contributed by atoms with E-state index in [1.807, 2.05) is 0 Å². The van der Waals surface area contributed by atoms with E-state index in [1.54, 1.807) is 13.2 Å². The minimum atomic E-state index is -0.551. The Hall–Kier alpha value is -1.73. The third-order valence-corrected chi connectivity index (χ3v) is 2.15. The highest BCUT2D eigenvalue weighted by Gasteiger charge is 2.10. The highest BCUT2D eigenvalue weighted by molar-refractivity contribution is 5.44. The van der Waals surface area contributed by atoms with Crippen molar-refractivity contribution in [3.63, 3.8) is 0 Å². The Kier molecular flexibility index (Phi) is 5.31. The summed E-state index contributed by atoms with van der Waals surface area (Å²) in [6.07, 6.45) is 1.92. The van der Waals surface area contributed by atoms with Gasteiger partial charge in [-0.2, -0.15) is 0 Å². The van der Waals surface area contributed by atoms with Gasteiger partial charge in [-0.15, -0.1) is 0 Å². The van der Waals surface area contributed by atoms with E-state index in [0.717, 1.165) is 0 Å². The molecule has 1 heterocycles. The molecule has 0 fully saturated rings. The van der Waals surface area contributed by atoms with E-state index in [2.05, 4.69) is 10.3 Å². The summed E-state index contributed by atoms with van der Waals surface area (Å²) in [5, 5.41) is 22.3. The Morgan fingerprint density at radius 1 is 1.65 bits per heavy atom. The van der Waals surface area contributed by atoms with Crippen molar-refractivity contribution < 1.29 is 14.8 Å². The molecule has 0 aliphatic rings. The molecule has 1 atom stereocenters. The second-order valence-electron chi connectivity index (χ2n) is 3.47. The van der Waals surface area contributed by atoms with Crippen molar-refractivity contribution in [1.82, 2.24) is 4.98 Å². The summed E-state index contributed by atoms with van der Waals surface area (Å²) in [5.41, 5.74) is 0.658. The summed E-state index contributed by atoms with van der Waals surface area (Å²) >= 11 is 0. The second kappa shape index (κ2) is 6.77. The molecule has 7 heteroatoms. The number of pyridine rings is 1. The molecule has 94 valence electrons. The van der Waals surface area contributed by atoms with Crippen molar-refractivity contribution in [3.8, 4) is 0 Å². The van der Waals surface area contributed by atoms with Gasteiger partial charge in [-0.3, -0.25) is 0 Å². The Bertz CT molecular complexity index is 349. The largest absolute Gasteiger partial charge is 0.396 e. The molecular formula is C10H15N3O4. The van der Waals surface area contributed by atoms with Crippen molar-refractivity contribution in [3.05, 3.63) is 28.4 Å². The van der Waals surface area contributed by atoms with Crippen LogP contribution in [-0.4, -0.2) is 41.4 Å². The van der Waals surface area contributed by atoms with Crippen molar-refractivity contribution in [1.29, 1.82) is 0 Å². The maximum absolute atomic E-state index is 10.4. The fraction of sp³-hybridized carbons (Fsp3) is 0.500. The van der Waals surface area contributed by atoms with Crippen molar-refractivity contribution in [2.24, 2.45) is 0 Å². The van der Waals surface area contributed by atoms with Crippen LogP contribution in [0.25, 0.3) is 0 Å². The lowest BCUT2D eigenvalue weighted by atomic mass is 10.2. The monoisotopic (exact) mass is 241 g/mol. The maximum atomic E-state index is 10.4. The number of aromatic nitrogens is 1. The minimum absolute atomic E-state index is 0.0431. The van der Waals surface area contributed by atoms with Crippen LogP contribution in [0.5, 0.6) is 0 Å². The van der Waals surface area contributed by atoms with Gasteiger partial charge >= 0.3 is 5.82 Å². The van der Waals surface area contributed by atoms with Gasteiger partial charge in [0.15, 0.2) is 6.20 Å². The number of rotatable bonds is 7. The van der Waals surface area contributed by atoms with Crippen LogP contribution >= 0.6 is 0 Å². The number of nitro groups is 1. The Morgan fingerprint density at radius 2 is 2.41 bits per heavy atom. The molecule has 0 radical (unpaired) electrons. The lowest BCUT2D eigenvalue weighted by Gasteiger charge is -2.16. The van der Waals surface area contributed by atoms with Gasteiger partial charge in [0.1, 0.15) is 0 Å². The summed E-state index contributed by atoms with van der Waals surface area (Å²) in [7, 11) is 1.57. The molecule has 0 aromatic carbocycles. The van der Waals surface area contributed by atoms with Gasteiger partial charge in [-0.05, 0) is 22.4 Å². The molecule has 1 aromatic heterocycles. The predicted octanol–water partition coefficient (Wildman–Crippen LogP) is 0.799. The lowest BCUT2D eigenvalue weighted by molar-refractivity contribution is -0.389. The average Bonchev–Trinajstić information content (AvgIpc) is 2.30. The Labute approximate surface area is 98.6 Å². The van der Waals surface area contributed by atoms with Gasteiger partial charge in [-0.1, -0.05) is 0 Å². The molecule has 1 aromatic rings. The number of aliphatic hydroxyl groups excluding tert-OH is 1. The van der Waals surface area contributed by atoms with Gasteiger partial charge in [0.25, 0.3) is 0 Å². The highest BCUT2D eigenvalue weighted by atomic mass is 16.6. The van der Waals surface area contributed by atoms with Crippen LogP contribution < -0.4 is 5.32 Å². The van der Waals surface area contributed by atoms with E-state index in [1.165, 1.54) is 12.3 Å². The molecular weight excluding hydrogens is 226 g/mol. The van der Waals surface area contributed by atoms with E-state index < -0.39 is 4.92 Å². The van der Waals surface area contributed by atoms with E-state index in [-0.39, 0.29) is 18.5 Å². The normalized spacial score (nSPS) is 12.1. The Morgan fingerprint density at radius 3 is 2.88 bits per heavy atom. The molecule has 0 saturated heterocycles. The number of anilines is 1. The zero-order valence-corrected chi connectivity index (χ0v) is 9.50. The molecule has 0 amide bonds. The molecule has 0 aliphatic heterocycles. The summed E-state index contributed by atoms with van der Waals surface area (Å²) in [5.74, 6) is -0.194. The van der Waals surface area contributed by atoms with E-state index in [0.29, 0.717) is 18.7 Å². The van der Waals surface area contributed by atoms with Crippen LogP contribution in [0.2, 0.25) is 0 Å². The number of nitrogens with zero attached hydrogens (tertiary/aromatic N) is 2. The maximum Gasteiger partial charge on any atom is 0.363 e. The van der Waals surface area contributed by atoms with Crippen molar-refractivity contribution >= 4 is 11.5 Å². The van der Waals surface area contributed by atoms with Crippen LogP contribution in [0.15, 0.2) is 18.3 Å². The summed E-state index contributed by atoms with van der Waals surface area (Å²) < 4.78 is 4.99. The number of hydrogen-bond donors (Lipinski definition) is 2. The number of hydrogen-bond acceptors (Lipinski definition) is 6. The summed E-state index contributed by atoms with van der Waals surface area (Å²) in [6.45, 7) is 0.485. The van der Waals surface area contributed by atoms with Crippen LogP contribution in [0.4, 0.5) is 11.5 Å². The molecule has 17 heavy (non-hydrogen) atoms. The SMILES string of the molecule is COCC(CCO)Nc1ccc([N+](=O)[O-])nc1. The first-order chi connectivity index (χ1) is 8.17. The topological polar surface area (TPSA) is 97.5 Å². The fourth-order valence-corrected chi connectivity index (χ4v) is 1.37. The van der Waals surface area contributed by atoms with Crippen LogP contribution in [0.3, 0.4) is 0 Å². The zero-order chi connectivity index (χ0) is 12.7. The minimum Gasteiger partial charge on any atom is -0.396 e. The summed E-state index contributed by atoms with van der Waals surface area (Å²) in [6, 6.07) is 2.85. The van der Waals surface area contributed by atoms with Gasteiger partial charge < -0.3 is 25.3 Å². The predicted molar refractivity (Wildman–Crippen MR) is 61.9 cm³/mol. The van der Waals surface area contributed by atoms with E-state index >= 15 is 0 Å². The molecule has 0 saturated carbocycles. The third kappa shape index (κ3) is 4.33. The standard InChI is InChI=1S/C10H15N3O4/c1-17-7-9(4-5-14)12-8-2-3-10(11-6-8)13(15)16/h2-3,6,9,12,14H,4-5,7H2,1H3. The van der Waals surface area contributed by atoms with E-state index in [9.17, 15) is 10.1 Å². The third-order valence-electron chi connectivity index (χ3n) is 2.15. The molecule has 0 aliphatic carbocycles. The zero-order valence-electron chi connectivity index (χ0n) is 9.50. The average molecular weight is 241 g/mol. The molecule has 2 N–H and O–H groups in total. The van der Waals surface area contributed by atoms with Crippen LogP contribution in [-0.2, 0) is 4.74 Å². The first kappa shape index (κ1) is 13.3. The van der Waals surface area contributed by atoms with Gasteiger partial charge in [0.2, 0.25) is 0 Å². The van der Waals surface area contributed by atoms with Gasteiger partial charge in [0, 0.05) is 19.8 Å². The van der Waals surface area contributed by atoms with Crippen molar-refractivity contribution in [2.45, 2.75) is 12.5 Å². The smallest absolute Gasteiger partial charge is 0.363 e. The quantitative estimate of drug-likeness (QED) is 0.541. The van der Waals surface area contributed by atoms with E-state index in [4.69, 9.17) is 9.84 Å². The van der Waals surface area contributed by atoms with Crippen LogP contribution in [0.1, 0.15) is 6.42 Å². The van der Waals surface area contributed by atoms with Crippen LogP contribution in [0, 0.1) is 10.1 Å². The van der Waals surface area contributed by atoms with Gasteiger partial charge in [-0.25, -0.2) is 0 Å². The lowest BCUT2D eigenvalue weighted by Crippen LogP contribution is -2.26. The molecule has 1 rings (SSSR count). The highest BCUT2D eigenvalue weighted by Crippen LogP contribution is 2.13. The number of methoxy groups -OCH3 is 1. The second-order valence-corrected chi connectivity index (χ2v) is 3.47. The summed E-state index contributed by atoms with van der Waals surface area (Å²) in [4.78, 5) is 13.5. The number of ether oxygens (including phenoxy) is 1. The molecule has 1 unspecified atom stereocenters. The number of aliphatic hydroxyl groups is 1. The van der Waals surface area contributed by atoms with Crippen molar-refractivity contribution in [2.75, 3.05) is 25.6 Å². The Balaban J connectivity index is 2.62. The number of nitrogens with one attached hydrogen (secondary N) is 1. The molecule has 0 spiro atoms. The molecule has 7 nitrogen and oxygen atoms in total. The molecule has 0 bridgehead atoms. The first-order valence-electron chi connectivity index (χ1n) is 5.14. The van der Waals surface area contributed by atoms with Gasteiger partial charge in [0.05, 0.1) is 18.3 Å².